The molecule has 15 heavy (non-hydrogen) atoms. The highest BCUT2D eigenvalue weighted by atomic mass is 32.2. The Morgan fingerprint density at radius 3 is 2.73 bits per heavy atom. The SMILES string of the molecule is CC1(C2CCCS(=O)(=O)C2)CNC(=O)C1. The van der Waals surface area contributed by atoms with E-state index in [4.69, 9.17) is 0 Å². The highest BCUT2D eigenvalue weighted by Crippen LogP contribution is 2.39. The summed E-state index contributed by atoms with van der Waals surface area (Å²) >= 11 is 0. The van der Waals surface area contributed by atoms with Crippen LogP contribution in [0.15, 0.2) is 0 Å². The summed E-state index contributed by atoms with van der Waals surface area (Å²) in [7, 11) is -2.86. The maximum absolute atomic E-state index is 11.5. The van der Waals surface area contributed by atoms with Gasteiger partial charge in [0, 0.05) is 13.0 Å². The van der Waals surface area contributed by atoms with E-state index in [1.165, 1.54) is 0 Å². The van der Waals surface area contributed by atoms with Gasteiger partial charge in [-0.3, -0.25) is 4.79 Å². The average molecular weight is 231 g/mol. The Hall–Kier alpha value is -0.580. The molecule has 86 valence electrons. The molecule has 0 spiro atoms. The highest BCUT2D eigenvalue weighted by molar-refractivity contribution is 7.91. The molecule has 5 heteroatoms. The van der Waals surface area contributed by atoms with Crippen LogP contribution in [0.2, 0.25) is 0 Å². The monoisotopic (exact) mass is 231 g/mol. The van der Waals surface area contributed by atoms with E-state index in [1.54, 1.807) is 0 Å². The van der Waals surface area contributed by atoms with Gasteiger partial charge in [-0.2, -0.15) is 0 Å². The van der Waals surface area contributed by atoms with Gasteiger partial charge in [0.2, 0.25) is 5.91 Å². The van der Waals surface area contributed by atoms with Gasteiger partial charge in [-0.1, -0.05) is 6.92 Å². The Labute approximate surface area is 90.3 Å². The van der Waals surface area contributed by atoms with Crippen LogP contribution in [0, 0.1) is 11.3 Å². The van der Waals surface area contributed by atoms with Crippen LogP contribution in [0.25, 0.3) is 0 Å². The Balaban J connectivity index is 2.14. The number of sulfone groups is 1. The van der Waals surface area contributed by atoms with Crippen LogP contribution in [0.4, 0.5) is 0 Å². The van der Waals surface area contributed by atoms with Gasteiger partial charge >= 0.3 is 0 Å². The van der Waals surface area contributed by atoms with Crippen molar-refractivity contribution in [1.29, 1.82) is 0 Å². The maximum atomic E-state index is 11.5. The molecule has 0 aromatic heterocycles. The molecule has 1 amide bonds. The minimum atomic E-state index is -2.86. The molecule has 2 fully saturated rings. The molecule has 0 aromatic carbocycles. The second-order valence-electron chi connectivity index (χ2n) is 5.06. The predicted molar refractivity (Wildman–Crippen MR) is 57.1 cm³/mol. The van der Waals surface area contributed by atoms with Crippen molar-refractivity contribution in [3.05, 3.63) is 0 Å². The van der Waals surface area contributed by atoms with Crippen molar-refractivity contribution < 1.29 is 13.2 Å². The van der Waals surface area contributed by atoms with Crippen molar-refractivity contribution >= 4 is 15.7 Å². The topological polar surface area (TPSA) is 63.2 Å². The molecule has 2 aliphatic rings. The van der Waals surface area contributed by atoms with E-state index in [2.05, 4.69) is 5.32 Å². The van der Waals surface area contributed by atoms with Gasteiger partial charge in [-0.15, -0.1) is 0 Å². The van der Waals surface area contributed by atoms with Gasteiger partial charge in [-0.05, 0) is 24.2 Å². The van der Waals surface area contributed by atoms with Crippen molar-refractivity contribution in [2.24, 2.45) is 11.3 Å². The molecule has 0 saturated carbocycles. The van der Waals surface area contributed by atoms with Crippen LogP contribution >= 0.6 is 0 Å². The molecule has 2 atom stereocenters. The first-order valence-corrected chi connectivity index (χ1v) is 7.21. The van der Waals surface area contributed by atoms with Crippen LogP contribution in [-0.2, 0) is 14.6 Å². The molecule has 1 N–H and O–H groups in total. The number of nitrogens with one attached hydrogen (secondary N) is 1. The average Bonchev–Trinajstić information content (AvgIpc) is 2.46. The predicted octanol–water partition coefficient (Wildman–Crippen LogP) is 0.337. The molecule has 2 rings (SSSR count). The summed E-state index contributed by atoms with van der Waals surface area (Å²) < 4.78 is 23.1. The van der Waals surface area contributed by atoms with E-state index < -0.39 is 9.84 Å². The Bertz CT molecular complexity index is 376. The van der Waals surface area contributed by atoms with Crippen LogP contribution < -0.4 is 5.32 Å². The number of amides is 1. The fraction of sp³-hybridized carbons (Fsp3) is 0.900. The van der Waals surface area contributed by atoms with Crippen molar-refractivity contribution in [2.75, 3.05) is 18.1 Å². The van der Waals surface area contributed by atoms with Crippen molar-refractivity contribution in [3.8, 4) is 0 Å². The van der Waals surface area contributed by atoms with Crippen molar-refractivity contribution in [3.63, 3.8) is 0 Å². The summed E-state index contributed by atoms with van der Waals surface area (Å²) in [5.74, 6) is 0.787. The zero-order valence-corrected chi connectivity index (χ0v) is 9.77. The van der Waals surface area contributed by atoms with E-state index in [1.807, 2.05) is 6.92 Å². The van der Waals surface area contributed by atoms with Gasteiger partial charge in [0.05, 0.1) is 11.5 Å². The summed E-state index contributed by atoms with van der Waals surface area (Å²) in [6.07, 6.45) is 2.16. The van der Waals surface area contributed by atoms with Gasteiger partial charge in [-0.25, -0.2) is 8.42 Å². The summed E-state index contributed by atoms with van der Waals surface area (Å²) in [6, 6.07) is 0. The summed E-state index contributed by atoms with van der Waals surface area (Å²) in [6.45, 7) is 2.66. The molecule has 0 bridgehead atoms. The molecule has 2 unspecified atom stereocenters. The summed E-state index contributed by atoms with van der Waals surface area (Å²) in [5.41, 5.74) is -0.148. The van der Waals surface area contributed by atoms with Gasteiger partial charge in [0.25, 0.3) is 0 Å². The van der Waals surface area contributed by atoms with Gasteiger partial charge in [0.1, 0.15) is 0 Å². The molecular formula is C10H17NO3S. The second kappa shape index (κ2) is 3.47. The number of rotatable bonds is 1. The molecule has 0 aromatic rings. The van der Waals surface area contributed by atoms with E-state index in [9.17, 15) is 13.2 Å². The Kier molecular flexibility index (Phi) is 2.53. The fourth-order valence-electron chi connectivity index (χ4n) is 2.65. The number of hydrogen-bond acceptors (Lipinski definition) is 3. The molecular weight excluding hydrogens is 214 g/mol. The molecule has 2 saturated heterocycles. The largest absolute Gasteiger partial charge is 0.356 e. The second-order valence-corrected chi connectivity index (χ2v) is 7.29. The number of hydrogen-bond donors (Lipinski definition) is 1. The van der Waals surface area contributed by atoms with Gasteiger partial charge < -0.3 is 5.32 Å². The smallest absolute Gasteiger partial charge is 0.220 e. The lowest BCUT2D eigenvalue weighted by atomic mass is 9.75. The van der Waals surface area contributed by atoms with Crippen molar-refractivity contribution in [1.82, 2.24) is 5.32 Å². The lowest BCUT2D eigenvalue weighted by molar-refractivity contribution is -0.119. The fourth-order valence-corrected chi connectivity index (χ4v) is 4.61. The Morgan fingerprint density at radius 1 is 1.47 bits per heavy atom. The molecule has 2 aliphatic heterocycles. The quantitative estimate of drug-likeness (QED) is 0.707. The molecule has 0 aliphatic carbocycles. The van der Waals surface area contributed by atoms with E-state index >= 15 is 0 Å². The zero-order valence-electron chi connectivity index (χ0n) is 8.95. The third-order valence-corrected chi connectivity index (χ3v) is 5.52. The molecule has 2 heterocycles. The summed E-state index contributed by atoms with van der Waals surface area (Å²) in [4.78, 5) is 11.2. The maximum Gasteiger partial charge on any atom is 0.220 e. The minimum Gasteiger partial charge on any atom is -0.356 e. The zero-order chi connectivity index (χ0) is 11.1. The van der Waals surface area contributed by atoms with Crippen molar-refractivity contribution in [2.45, 2.75) is 26.2 Å². The third-order valence-electron chi connectivity index (χ3n) is 3.70. The number of carbonyl (C=O) groups excluding carboxylic acids is 1. The lowest BCUT2D eigenvalue weighted by Gasteiger charge is -2.35. The third kappa shape index (κ3) is 2.17. The van der Waals surface area contributed by atoms with E-state index in [-0.39, 0.29) is 23.0 Å². The Morgan fingerprint density at radius 2 is 2.20 bits per heavy atom. The van der Waals surface area contributed by atoms with Crippen LogP contribution in [0.1, 0.15) is 26.2 Å². The van der Waals surface area contributed by atoms with E-state index in [0.29, 0.717) is 18.7 Å². The first-order chi connectivity index (χ1) is 6.91. The van der Waals surface area contributed by atoms with E-state index in [0.717, 1.165) is 12.8 Å². The first kappa shape index (κ1) is 10.9. The minimum absolute atomic E-state index is 0.0560. The van der Waals surface area contributed by atoms with Crippen LogP contribution in [0.3, 0.4) is 0 Å². The molecule has 0 radical (unpaired) electrons. The van der Waals surface area contributed by atoms with Crippen LogP contribution in [-0.4, -0.2) is 32.4 Å². The first-order valence-electron chi connectivity index (χ1n) is 5.38. The van der Waals surface area contributed by atoms with Crippen LogP contribution in [0.5, 0.6) is 0 Å². The number of carbonyl (C=O) groups is 1. The normalized spacial score (nSPS) is 40.1. The standard InChI is InChI=1S/C10H17NO3S/c1-10(5-9(12)11-7-10)8-3-2-4-15(13,14)6-8/h8H,2-7H2,1H3,(H,11,12). The van der Waals surface area contributed by atoms with Gasteiger partial charge in [0.15, 0.2) is 9.84 Å². The molecule has 4 nitrogen and oxygen atoms in total. The summed E-state index contributed by atoms with van der Waals surface area (Å²) in [5, 5.41) is 2.80. The highest BCUT2D eigenvalue weighted by Gasteiger charge is 2.43. The lowest BCUT2D eigenvalue weighted by Crippen LogP contribution is -2.38.